The van der Waals surface area contributed by atoms with Crippen molar-refractivity contribution in [2.75, 3.05) is 37.9 Å². The highest BCUT2D eigenvalue weighted by atomic mass is 32.1. The van der Waals surface area contributed by atoms with E-state index in [0.29, 0.717) is 5.00 Å². The van der Waals surface area contributed by atoms with Gasteiger partial charge in [-0.1, -0.05) is 0 Å². The number of nitrogens with zero attached hydrogens (tertiary/aromatic N) is 1. The van der Waals surface area contributed by atoms with E-state index in [4.69, 9.17) is 16.2 Å². The van der Waals surface area contributed by atoms with Crippen molar-refractivity contribution in [2.24, 2.45) is 5.73 Å². The molecule has 1 aromatic heterocycles. The maximum Gasteiger partial charge on any atom is 0.350 e. The van der Waals surface area contributed by atoms with Gasteiger partial charge in [-0.15, -0.1) is 11.3 Å². The van der Waals surface area contributed by atoms with Crippen LogP contribution in [0, 0.1) is 0 Å². The fourth-order valence-electron chi connectivity index (χ4n) is 2.43. The number of amides is 1. The fourth-order valence-corrected chi connectivity index (χ4v) is 3.63. The summed E-state index contributed by atoms with van der Waals surface area (Å²) in [5.41, 5.74) is 11.6. The minimum absolute atomic E-state index is 0.100. The molecular formula is C13H19N3O4S. The van der Waals surface area contributed by atoms with Gasteiger partial charge in [0, 0.05) is 20.2 Å². The largest absolute Gasteiger partial charge is 0.465 e. The molecule has 7 nitrogen and oxygen atoms in total. The number of carbonyl (C=O) groups excluding carboxylic acids is 2. The van der Waals surface area contributed by atoms with Crippen LogP contribution < -0.4 is 16.4 Å². The van der Waals surface area contributed by atoms with Crippen molar-refractivity contribution in [3.8, 4) is 0 Å². The van der Waals surface area contributed by atoms with Crippen molar-refractivity contribution in [2.45, 2.75) is 18.9 Å². The summed E-state index contributed by atoms with van der Waals surface area (Å²) in [4.78, 5) is 25.6. The molecule has 1 aromatic rings. The first-order chi connectivity index (χ1) is 9.99. The molecule has 0 saturated carbocycles. The summed E-state index contributed by atoms with van der Waals surface area (Å²) in [6, 6.07) is 0. The minimum atomic E-state index is -0.636. The lowest BCUT2D eigenvalue weighted by Gasteiger charge is -2.32. The van der Waals surface area contributed by atoms with E-state index < -0.39 is 11.9 Å². The Hall–Kier alpha value is -1.80. The maximum absolute atomic E-state index is 11.7. The standard InChI is InChI=1S/C13H19N3O4S/c1-19-7-3-5-16(6-4-7)12-8(11(15)17)9(14)10(21-12)13(18)20-2/h7H,3-6,14H2,1-2H3,(H2,15,17). The van der Waals surface area contributed by atoms with Crippen molar-refractivity contribution in [1.82, 2.24) is 0 Å². The highest BCUT2D eigenvalue weighted by Gasteiger charge is 2.29. The Bertz CT molecular complexity index is 550. The number of thiophene rings is 1. The number of hydrogen-bond acceptors (Lipinski definition) is 7. The molecule has 1 aliphatic rings. The zero-order valence-electron chi connectivity index (χ0n) is 12.0. The molecule has 0 radical (unpaired) electrons. The minimum Gasteiger partial charge on any atom is -0.465 e. The predicted molar refractivity (Wildman–Crippen MR) is 80.8 cm³/mol. The van der Waals surface area contributed by atoms with Gasteiger partial charge in [0.05, 0.1) is 24.5 Å². The third kappa shape index (κ3) is 2.96. The second-order valence-electron chi connectivity index (χ2n) is 4.80. The number of methoxy groups -OCH3 is 2. The Balaban J connectivity index is 2.34. The van der Waals surface area contributed by atoms with Gasteiger partial charge in [0.1, 0.15) is 9.88 Å². The molecule has 21 heavy (non-hydrogen) atoms. The SMILES string of the molecule is COC(=O)c1sc(N2CCC(OC)CC2)c(C(N)=O)c1N. The van der Waals surface area contributed by atoms with Crippen LogP contribution >= 0.6 is 11.3 Å². The molecule has 0 aliphatic carbocycles. The molecular weight excluding hydrogens is 294 g/mol. The van der Waals surface area contributed by atoms with Gasteiger partial charge >= 0.3 is 5.97 Å². The molecule has 2 heterocycles. The lowest BCUT2D eigenvalue weighted by molar-refractivity contribution is 0.0607. The van der Waals surface area contributed by atoms with Gasteiger partial charge in [-0.2, -0.15) is 0 Å². The molecule has 1 amide bonds. The molecule has 0 aromatic carbocycles. The third-order valence-corrected chi connectivity index (χ3v) is 4.85. The Kier molecular flexibility index (Phi) is 4.69. The van der Waals surface area contributed by atoms with E-state index in [0.717, 1.165) is 37.3 Å². The topological polar surface area (TPSA) is 108 Å². The molecule has 0 bridgehead atoms. The summed E-state index contributed by atoms with van der Waals surface area (Å²) in [6.07, 6.45) is 1.91. The van der Waals surface area contributed by atoms with Crippen LogP contribution in [-0.2, 0) is 9.47 Å². The van der Waals surface area contributed by atoms with Crippen molar-refractivity contribution < 1.29 is 19.1 Å². The predicted octanol–water partition coefficient (Wildman–Crippen LogP) is 0.831. The molecule has 116 valence electrons. The Morgan fingerprint density at radius 2 is 1.90 bits per heavy atom. The van der Waals surface area contributed by atoms with Crippen LogP contribution in [0.25, 0.3) is 0 Å². The summed E-state index contributed by atoms with van der Waals surface area (Å²) >= 11 is 1.15. The van der Waals surface area contributed by atoms with Crippen molar-refractivity contribution in [1.29, 1.82) is 0 Å². The first kappa shape index (κ1) is 15.6. The lowest BCUT2D eigenvalue weighted by atomic mass is 10.1. The lowest BCUT2D eigenvalue weighted by Crippen LogP contribution is -2.37. The van der Waals surface area contributed by atoms with Crippen LogP contribution in [0.5, 0.6) is 0 Å². The van der Waals surface area contributed by atoms with Gasteiger partial charge < -0.3 is 25.8 Å². The van der Waals surface area contributed by atoms with Crippen molar-refractivity contribution in [3.63, 3.8) is 0 Å². The highest BCUT2D eigenvalue weighted by Crippen LogP contribution is 2.39. The molecule has 0 atom stereocenters. The average molecular weight is 313 g/mol. The number of ether oxygens (including phenoxy) is 2. The second-order valence-corrected chi connectivity index (χ2v) is 5.80. The van der Waals surface area contributed by atoms with E-state index in [1.165, 1.54) is 7.11 Å². The van der Waals surface area contributed by atoms with Gasteiger partial charge in [0.15, 0.2) is 0 Å². The van der Waals surface area contributed by atoms with E-state index in [1.807, 2.05) is 4.90 Å². The normalized spacial score (nSPS) is 16.0. The van der Waals surface area contributed by atoms with E-state index >= 15 is 0 Å². The number of primary amides is 1. The van der Waals surface area contributed by atoms with Crippen LogP contribution in [0.4, 0.5) is 10.7 Å². The van der Waals surface area contributed by atoms with E-state index in [1.54, 1.807) is 7.11 Å². The summed E-state index contributed by atoms with van der Waals surface area (Å²) in [5.74, 6) is -1.19. The van der Waals surface area contributed by atoms with Gasteiger partial charge in [-0.05, 0) is 12.8 Å². The summed E-state index contributed by atoms with van der Waals surface area (Å²) in [7, 11) is 2.96. The van der Waals surface area contributed by atoms with Gasteiger partial charge in [-0.3, -0.25) is 4.79 Å². The average Bonchev–Trinajstić information content (AvgIpc) is 2.84. The number of nitrogens with two attached hydrogens (primary N) is 2. The maximum atomic E-state index is 11.7. The van der Waals surface area contributed by atoms with Crippen LogP contribution in [-0.4, -0.2) is 45.3 Å². The van der Waals surface area contributed by atoms with E-state index in [9.17, 15) is 9.59 Å². The summed E-state index contributed by atoms with van der Waals surface area (Å²) in [6.45, 7) is 1.44. The van der Waals surface area contributed by atoms with Crippen LogP contribution in [0.15, 0.2) is 0 Å². The molecule has 2 rings (SSSR count). The fraction of sp³-hybridized carbons (Fsp3) is 0.538. The number of nitrogen functional groups attached to an aromatic ring is 1. The van der Waals surface area contributed by atoms with Crippen LogP contribution in [0.1, 0.15) is 32.9 Å². The Morgan fingerprint density at radius 3 is 2.38 bits per heavy atom. The molecule has 1 saturated heterocycles. The van der Waals surface area contributed by atoms with Crippen molar-refractivity contribution in [3.05, 3.63) is 10.4 Å². The summed E-state index contributed by atoms with van der Waals surface area (Å²) in [5, 5.41) is 0.634. The second kappa shape index (κ2) is 6.31. The Labute approximate surface area is 126 Å². The zero-order valence-corrected chi connectivity index (χ0v) is 12.9. The van der Waals surface area contributed by atoms with Crippen molar-refractivity contribution >= 4 is 33.9 Å². The zero-order chi connectivity index (χ0) is 15.6. The van der Waals surface area contributed by atoms with E-state index in [-0.39, 0.29) is 22.2 Å². The number of esters is 1. The van der Waals surface area contributed by atoms with E-state index in [2.05, 4.69) is 4.74 Å². The molecule has 1 aliphatic heterocycles. The number of rotatable bonds is 4. The van der Waals surface area contributed by atoms with Crippen LogP contribution in [0.2, 0.25) is 0 Å². The smallest absolute Gasteiger partial charge is 0.350 e. The number of hydrogen-bond donors (Lipinski definition) is 2. The quantitative estimate of drug-likeness (QED) is 0.797. The molecule has 4 N–H and O–H groups in total. The molecule has 1 fully saturated rings. The van der Waals surface area contributed by atoms with Gasteiger partial charge in [0.25, 0.3) is 5.91 Å². The van der Waals surface area contributed by atoms with Gasteiger partial charge in [-0.25, -0.2) is 4.79 Å². The molecule has 8 heteroatoms. The first-order valence-corrected chi connectivity index (χ1v) is 7.39. The third-order valence-electron chi connectivity index (χ3n) is 3.61. The van der Waals surface area contributed by atoms with Gasteiger partial charge in [0.2, 0.25) is 0 Å². The first-order valence-electron chi connectivity index (χ1n) is 6.57. The summed E-state index contributed by atoms with van der Waals surface area (Å²) < 4.78 is 10.0. The molecule has 0 unspecified atom stereocenters. The number of piperidine rings is 1. The Morgan fingerprint density at radius 1 is 1.29 bits per heavy atom. The number of anilines is 2. The highest BCUT2D eigenvalue weighted by molar-refractivity contribution is 7.19. The number of carbonyl (C=O) groups is 2. The monoisotopic (exact) mass is 313 g/mol. The molecule has 0 spiro atoms. The van der Waals surface area contributed by atoms with Crippen LogP contribution in [0.3, 0.4) is 0 Å².